The molecule has 61 heavy (non-hydrogen) atoms. The molecule has 0 aliphatic carbocycles. The van der Waals surface area contributed by atoms with Crippen molar-refractivity contribution in [3.8, 4) is 0 Å². The first-order valence-electron chi connectivity index (χ1n) is 26.1. The van der Waals surface area contributed by atoms with E-state index in [2.05, 4.69) is 38.2 Å². The molecule has 0 aromatic heterocycles. The summed E-state index contributed by atoms with van der Waals surface area (Å²) in [6.07, 6.45) is 53.4. The van der Waals surface area contributed by atoms with E-state index in [1.54, 1.807) is 0 Å². The van der Waals surface area contributed by atoms with Crippen molar-refractivity contribution in [3.05, 3.63) is 24.3 Å². The van der Waals surface area contributed by atoms with Crippen molar-refractivity contribution in [1.29, 1.82) is 0 Å². The van der Waals surface area contributed by atoms with Gasteiger partial charge in [0, 0.05) is 13.0 Å². The van der Waals surface area contributed by atoms with Gasteiger partial charge >= 0.3 is 5.97 Å². The minimum atomic E-state index is -4.53. The number of carbonyl (C=O) groups is 1. The minimum Gasteiger partial charge on any atom is -0.756 e. The molecular formula is C52H102NO7P. The van der Waals surface area contributed by atoms with Gasteiger partial charge in [0.1, 0.15) is 19.3 Å². The largest absolute Gasteiger partial charge is 0.756 e. The molecule has 0 N–H and O–H groups in total. The fourth-order valence-corrected chi connectivity index (χ4v) is 8.19. The van der Waals surface area contributed by atoms with Crippen LogP contribution in [0, 0.1) is 0 Å². The second-order valence-corrected chi connectivity index (χ2v) is 20.3. The van der Waals surface area contributed by atoms with Crippen LogP contribution in [0.15, 0.2) is 24.3 Å². The quantitative estimate of drug-likeness (QED) is 0.0197. The number of rotatable bonds is 49. The third kappa shape index (κ3) is 49.8. The van der Waals surface area contributed by atoms with Crippen molar-refractivity contribution in [3.63, 3.8) is 0 Å². The first-order chi connectivity index (χ1) is 29.6. The molecule has 362 valence electrons. The maximum absolute atomic E-state index is 12.7. The SMILES string of the molecule is CCCCC/C=C\C/C=C\CCCCCCCCCCCC(=O)OC(COCCCCCCCCCCCCCCCCCCCCCC)COP(=O)([O-])OCC[N+](C)(C)C. The Morgan fingerprint density at radius 3 is 1.36 bits per heavy atom. The van der Waals surface area contributed by atoms with Gasteiger partial charge in [0.2, 0.25) is 0 Å². The van der Waals surface area contributed by atoms with Gasteiger partial charge in [-0.25, -0.2) is 0 Å². The Morgan fingerprint density at radius 1 is 0.508 bits per heavy atom. The van der Waals surface area contributed by atoms with Crippen molar-refractivity contribution in [2.75, 3.05) is 54.1 Å². The molecule has 0 aromatic carbocycles. The predicted octanol–water partition coefficient (Wildman–Crippen LogP) is 15.3. The molecule has 0 spiro atoms. The molecule has 0 aliphatic heterocycles. The van der Waals surface area contributed by atoms with Gasteiger partial charge in [0.15, 0.2) is 0 Å². The molecule has 0 aliphatic rings. The minimum absolute atomic E-state index is 0.0276. The van der Waals surface area contributed by atoms with Crippen molar-refractivity contribution in [1.82, 2.24) is 0 Å². The zero-order valence-corrected chi connectivity index (χ0v) is 42.0. The molecule has 0 heterocycles. The van der Waals surface area contributed by atoms with Gasteiger partial charge in [-0.05, 0) is 44.9 Å². The second kappa shape index (κ2) is 45.5. The molecular weight excluding hydrogens is 782 g/mol. The molecule has 2 unspecified atom stereocenters. The van der Waals surface area contributed by atoms with Gasteiger partial charge in [-0.3, -0.25) is 9.36 Å². The number of ether oxygens (including phenoxy) is 2. The lowest BCUT2D eigenvalue weighted by molar-refractivity contribution is -0.870. The van der Waals surface area contributed by atoms with Gasteiger partial charge in [0.05, 0.1) is 34.4 Å². The highest BCUT2D eigenvalue weighted by atomic mass is 31.2. The van der Waals surface area contributed by atoms with Crippen molar-refractivity contribution >= 4 is 13.8 Å². The zero-order chi connectivity index (χ0) is 44.8. The summed E-state index contributed by atoms with van der Waals surface area (Å²) in [4.78, 5) is 25.2. The third-order valence-corrected chi connectivity index (χ3v) is 12.5. The molecule has 0 aromatic rings. The van der Waals surface area contributed by atoms with Crippen LogP contribution in [0.4, 0.5) is 0 Å². The van der Waals surface area contributed by atoms with Gasteiger partial charge in [0.25, 0.3) is 7.82 Å². The van der Waals surface area contributed by atoms with Crippen LogP contribution in [0.25, 0.3) is 0 Å². The van der Waals surface area contributed by atoms with Crippen molar-refractivity contribution in [2.24, 2.45) is 0 Å². The Kier molecular flexibility index (Phi) is 44.8. The zero-order valence-electron chi connectivity index (χ0n) is 41.1. The fraction of sp³-hybridized carbons (Fsp3) is 0.904. The summed E-state index contributed by atoms with van der Waals surface area (Å²) in [5.41, 5.74) is 0. The first kappa shape index (κ1) is 60.0. The first-order valence-corrected chi connectivity index (χ1v) is 27.5. The number of carbonyl (C=O) groups excluding carboxylic acids is 1. The number of phosphoric acid groups is 1. The molecule has 0 fully saturated rings. The van der Waals surface area contributed by atoms with E-state index in [9.17, 15) is 14.3 Å². The highest BCUT2D eigenvalue weighted by Crippen LogP contribution is 2.38. The standard InChI is InChI=1S/C52H102NO7P/c1-6-8-10-12-14-16-18-20-22-24-26-28-30-32-34-36-38-40-42-44-47-57-49-51(50-59-61(55,56)58-48-46-53(3,4)5)60-52(54)45-43-41-39-37-35-33-31-29-27-25-23-21-19-17-15-13-11-9-7-2/h15,17,21,23,51H,6-14,16,18-20,22,24-50H2,1-5H3/b17-15-,23-21-. The summed E-state index contributed by atoms with van der Waals surface area (Å²) < 4.78 is 34.8. The van der Waals surface area contributed by atoms with Crippen LogP contribution in [-0.2, 0) is 27.9 Å². The van der Waals surface area contributed by atoms with E-state index in [1.807, 2.05) is 21.1 Å². The number of allylic oxidation sites excluding steroid dienone is 4. The van der Waals surface area contributed by atoms with Crippen LogP contribution in [0.1, 0.15) is 245 Å². The fourth-order valence-electron chi connectivity index (χ4n) is 7.46. The maximum Gasteiger partial charge on any atom is 0.306 e. The number of hydrogen-bond acceptors (Lipinski definition) is 7. The van der Waals surface area contributed by atoms with E-state index in [0.717, 1.165) is 38.5 Å². The van der Waals surface area contributed by atoms with Gasteiger partial charge in [-0.15, -0.1) is 0 Å². The number of unbranched alkanes of at least 4 members (excludes halogenated alkanes) is 31. The summed E-state index contributed by atoms with van der Waals surface area (Å²) in [6, 6.07) is 0. The number of hydrogen-bond donors (Lipinski definition) is 0. The average Bonchev–Trinajstić information content (AvgIpc) is 3.22. The monoisotopic (exact) mass is 884 g/mol. The lowest BCUT2D eigenvalue weighted by atomic mass is 10.0. The highest BCUT2D eigenvalue weighted by Gasteiger charge is 2.20. The number of nitrogens with zero attached hydrogens (tertiary/aromatic N) is 1. The van der Waals surface area contributed by atoms with Crippen molar-refractivity contribution < 1.29 is 37.3 Å². The maximum atomic E-state index is 12.7. The summed E-state index contributed by atoms with van der Waals surface area (Å²) >= 11 is 0. The molecule has 9 heteroatoms. The van der Waals surface area contributed by atoms with Crippen LogP contribution in [0.3, 0.4) is 0 Å². The summed E-state index contributed by atoms with van der Waals surface area (Å²) in [5, 5.41) is 0. The Bertz CT molecular complexity index is 1030. The van der Waals surface area contributed by atoms with E-state index >= 15 is 0 Å². The summed E-state index contributed by atoms with van der Waals surface area (Å²) in [5.74, 6) is -0.334. The molecule has 0 saturated carbocycles. The topological polar surface area (TPSA) is 94.1 Å². The normalized spacial score (nSPS) is 13.7. The van der Waals surface area contributed by atoms with E-state index < -0.39 is 13.9 Å². The van der Waals surface area contributed by atoms with E-state index in [4.69, 9.17) is 18.5 Å². The number of likely N-dealkylation sites (N-methyl/N-ethyl adjacent to an activating group) is 1. The Balaban J connectivity index is 4.11. The second-order valence-electron chi connectivity index (χ2n) is 18.9. The number of phosphoric ester groups is 1. The Morgan fingerprint density at radius 2 is 0.902 bits per heavy atom. The summed E-state index contributed by atoms with van der Waals surface area (Å²) in [7, 11) is 1.37. The van der Waals surface area contributed by atoms with E-state index in [0.29, 0.717) is 24.1 Å². The van der Waals surface area contributed by atoms with Crippen LogP contribution >= 0.6 is 7.82 Å². The highest BCUT2D eigenvalue weighted by molar-refractivity contribution is 7.45. The lowest BCUT2D eigenvalue weighted by Crippen LogP contribution is -2.37. The molecule has 0 bridgehead atoms. The summed E-state index contributed by atoms with van der Waals surface area (Å²) in [6.45, 7) is 5.44. The van der Waals surface area contributed by atoms with E-state index in [-0.39, 0.29) is 25.8 Å². The molecule has 0 amide bonds. The van der Waals surface area contributed by atoms with Crippen molar-refractivity contribution in [2.45, 2.75) is 251 Å². The molecule has 2 atom stereocenters. The smallest absolute Gasteiger partial charge is 0.306 e. The Hall–Kier alpha value is -1.02. The number of quaternary nitrogens is 1. The van der Waals surface area contributed by atoms with Gasteiger partial charge in [-0.1, -0.05) is 218 Å². The average molecular weight is 884 g/mol. The number of esters is 1. The Labute approximate surface area is 379 Å². The van der Waals surface area contributed by atoms with Gasteiger partial charge < -0.3 is 27.9 Å². The molecule has 0 radical (unpaired) electrons. The molecule has 0 saturated heterocycles. The van der Waals surface area contributed by atoms with Crippen LogP contribution in [-0.4, -0.2) is 70.7 Å². The van der Waals surface area contributed by atoms with Gasteiger partial charge in [-0.2, -0.15) is 0 Å². The third-order valence-electron chi connectivity index (χ3n) is 11.5. The van der Waals surface area contributed by atoms with Crippen LogP contribution in [0.2, 0.25) is 0 Å². The van der Waals surface area contributed by atoms with Crippen LogP contribution in [0.5, 0.6) is 0 Å². The van der Waals surface area contributed by atoms with E-state index in [1.165, 1.54) is 186 Å². The molecule has 8 nitrogen and oxygen atoms in total. The van der Waals surface area contributed by atoms with Crippen LogP contribution < -0.4 is 4.89 Å². The lowest BCUT2D eigenvalue weighted by Gasteiger charge is -2.28. The predicted molar refractivity (Wildman–Crippen MR) is 259 cm³/mol. The molecule has 0 rings (SSSR count).